The van der Waals surface area contributed by atoms with Gasteiger partial charge >= 0.3 is 6.03 Å². The highest BCUT2D eigenvalue weighted by Gasteiger charge is 2.32. The van der Waals surface area contributed by atoms with Gasteiger partial charge in [0.15, 0.2) is 0 Å². The van der Waals surface area contributed by atoms with Crippen LogP contribution in [-0.2, 0) is 0 Å². The van der Waals surface area contributed by atoms with Crippen LogP contribution in [0.4, 0.5) is 14.9 Å². The zero-order valence-corrected chi connectivity index (χ0v) is 12.4. The second-order valence-electron chi connectivity index (χ2n) is 5.12. The Kier molecular flexibility index (Phi) is 5.95. The Morgan fingerprint density at radius 1 is 1.40 bits per heavy atom. The monoisotopic (exact) mass is 281 g/mol. The number of anilines is 1. The maximum Gasteiger partial charge on any atom is 0.322 e. The molecule has 0 fully saturated rings. The van der Waals surface area contributed by atoms with Crippen LogP contribution in [0, 0.1) is 5.82 Å². The Hall–Kier alpha value is -1.62. The molecule has 1 atom stereocenters. The summed E-state index contributed by atoms with van der Waals surface area (Å²) in [5.41, 5.74) is 5.58. The summed E-state index contributed by atoms with van der Waals surface area (Å²) in [6, 6.07) is 5.83. The molecule has 0 saturated heterocycles. The van der Waals surface area contributed by atoms with E-state index in [2.05, 4.69) is 5.32 Å². The molecular weight excluding hydrogens is 257 g/mol. The summed E-state index contributed by atoms with van der Waals surface area (Å²) in [6.45, 7) is 6.89. The highest BCUT2D eigenvalue weighted by molar-refractivity contribution is 5.90. The highest BCUT2D eigenvalue weighted by Crippen LogP contribution is 2.21. The van der Waals surface area contributed by atoms with Crippen LogP contribution in [0.2, 0.25) is 0 Å². The maximum absolute atomic E-state index is 13.6. The molecule has 0 heterocycles. The molecule has 0 radical (unpaired) electrons. The minimum absolute atomic E-state index is 0.189. The number of nitrogens with one attached hydrogen (secondary N) is 1. The zero-order chi connectivity index (χ0) is 15.2. The molecule has 0 aromatic heterocycles. The van der Waals surface area contributed by atoms with E-state index in [4.69, 9.17) is 5.73 Å². The van der Waals surface area contributed by atoms with E-state index in [1.165, 1.54) is 6.07 Å². The Bertz CT molecular complexity index is 446. The third-order valence-corrected chi connectivity index (χ3v) is 3.66. The molecule has 112 valence electrons. The van der Waals surface area contributed by atoms with E-state index in [0.29, 0.717) is 13.1 Å². The van der Waals surface area contributed by atoms with E-state index >= 15 is 0 Å². The van der Waals surface area contributed by atoms with Gasteiger partial charge in [-0.2, -0.15) is 0 Å². The van der Waals surface area contributed by atoms with Crippen molar-refractivity contribution in [3.63, 3.8) is 0 Å². The van der Waals surface area contributed by atoms with Crippen LogP contribution < -0.4 is 11.1 Å². The summed E-state index contributed by atoms with van der Waals surface area (Å²) < 4.78 is 13.6. The lowest BCUT2D eigenvalue weighted by atomic mass is 9.96. The van der Waals surface area contributed by atoms with Crippen molar-refractivity contribution in [1.82, 2.24) is 4.90 Å². The molecule has 20 heavy (non-hydrogen) atoms. The second-order valence-corrected chi connectivity index (χ2v) is 5.12. The van der Waals surface area contributed by atoms with Gasteiger partial charge in [0, 0.05) is 13.1 Å². The largest absolute Gasteiger partial charge is 0.328 e. The standard InChI is InChI=1S/C15H24FN3O/c1-4-10-19(15(3,5-2)11-17)14(20)18-13-9-7-6-8-12(13)16/h6-9H,4-5,10-11,17H2,1-3H3,(H,18,20). The normalized spacial score (nSPS) is 13.7. The van der Waals surface area contributed by atoms with Crippen LogP contribution in [0.3, 0.4) is 0 Å². The smallest absolute Gasteiger partial charge is 0.322 e. The number of nitrogens with zero attached hydrogens (tertiary/aromatic N) is 1. The Morgan fingerprint density at radius 2 is 2.05 bits per heavy atom. The van der Waals surface area contributed by atoms with Crippen molar-refractivity contribution in [3.05, 3.63) is 30.1 Å². The third kappa shape index (κ3) is 3.70. The van der Waals surface area contributed by atoms with E-state index in [-0.39, 0.29) is 11.7 Å². The van der Waals surface area contributed by atoms with Gasteiger partial charge in [0.05, 0.1) is 11.2 Å². The molecule has 0 aliphatic carbocycles. The number of urea groups is 1. The molecule has 0 bridgehead atoms. The lowest BCUT2D eigenvalue weighted by Crippen LogP contribution is -2.55. The average Bonchev–Trinajstić information content (AvgIpc) is 2.46. The number of rotatable bonds is 6. The van der Waals surface area contributed by atoms with Gasteiger partial charge in [-0.05, 0) is 31.9 Å². The van der Waals surface area contributed by atoms with Gasteiger partial charge in [-0.25, -0.2) is 9.18 Å². The first-order valence-corrected chi connectivity index (χ1v) is 7.01. The topological polar surface area (TPSA) is 58.4 Å². The number of nitrogens with two attached hydrogens (primary N) is 1. The molecule has 1 aromatic rings. The first-order valence-electron chi connectivity index (χ1n) is 7.01. The lowest BCUT2D eigenvalue weighted by Gasteiger charge is -2.40. The molecule has 4 nitrogen and oxygen atoms in total. The minimum atomic E-state index is -0.441. The summed E-state index contributed by atoms with van der Waals surface area (Å²) in [5.74, 6) is -0.441. The van der Waals surface area contributed by atoms with Crippen molar-refractivity contribution in [1.29, 1.82) is 0 Å². The molecule has 5 heteroatoms. The molecule has 0 saturated carbocycles. The van der Waals surface area contributed by atoms with Crippen LogP contribution in [-0.4, -0.2) is 29.6 Å². The fraction of sp³-hybridized carbons (Fsp3) is 0.533. The molecule has 1 rings (SSSR count). The first kappa shape index (κ1) is 16.4. The molecule has 1 aromatic carbocycles. The van der Waals surface area contributed by atoms with E-state index in [9.17, 15) is 9.18 Å². The molecule has 0 spiro atoms. The fourth-order valence-electron chi connectivity index (χ4n) is 2.03. The summed E-state index contributed by atoms with van der Waals surface area (Å²) in [5, 5.41) is 2.63. The number of benzene rings is 1. The zero-order valence-electron chi connectivity index (χ0n) is 12.4. The first-order chi connectivity index (χ1) is 9.48. The predicted molar refractivity (Wildman–Crippen MR) is 80.2 cm³/mol. The van der Waals surface area contributed by atoms with Gasteiger partial charge in [0.1, 0.15) is 5.82 Å². The second kappa shape index (κ2) is 7.24. The Labute approximate surface area is 120 Å². The van der Waals surface area contributed by atoms with Gasteiger partial charge in [-0.3, -0.25) is 0 Å². The molecule has 0 aliphatic rings. The third-order valence-electron chi connectivity index (χ3n) is 3.66. The van der Waals surface area contributed by atoms with Crippen molar-refractivity contribution < 1.29 is 9.18 Å². The average molecular weight is 281 g/mol. The van der Waals surface area contributed by atoms with Crippen molar-refractivity contribution in [3.8, 4) is 0 Å². The van der Waals surface area contributed by atoms with Crippen molar-refractivity contribution in [2.45, 2.75) is 39.2 Å². The number of hydrogen-bond acceptors (Lipinski definition) is 2. The molecule has 0 aliphatic heterocycles. The molecule has 1 unspecified atom stereocenters. The van der Waals surface area contributed by atoms with Crippen molar-refractivity contribution >= 4 is 11.7 Å². The van der Waals surface area contributed by atoms with Crippen molar-refractivity contribution in [2.24, 2.45) is 5.73 Å². The number of halogens is 1. The van der Waals surface area contributed by atoms with Crippen LogP contribution in [0.5, 0.6) is 0 Å². The summed E-state index contributed by atoms with van der Waals surface area (Å²) >= 11 is 0. The van der Waals surface area contributed by atoms with E-state index in [1.807, 2.05) is 20.8 Å². The van der Waals surface area contributed by atoms with Gasteiger partial charge < -0.3 is 16.0 Å². The fourth-order valence-corrected chi connectivity index (χ4v) is 2.03. The number of para-hydroxylation sites is 1. The number of amides is 2. The van der Waals surface area contributed by atoms with Gasteiger partial charge in [-0.1, -0.05) is 26.0 Å². The van der Waals surface area contributed by atoms with Crippen molar-refractivity contribution in [2.75, 3.05) is 18.4 Å². The van der Waals surface area contributed by atoms with E-state index in [1.54, 1.807) is 23.1 Å². The molecule has 3 N–H and O–H groups in total. The van der Waals surface area contributed by atoms with Gasteiger partial charge in [0.2, 0.25) is 0 Å². The predicted octanol–water partition coefficient (Wildman–Crippen LogP) is 3.20. The van der Waals surface area contributed by atoms with Gasteiger partial charge in [0.25, 0.3) is 0 Å². The Morgan fingerprint density at radius 3 is 2.55 bits per heavy atom. The van der Waals surface area contributed by atoms with Crippen LogP contribution >= 0.6 is 0 Å². The van der Waals surface area contributed by atoms with Crippen LogP contribution in [0.15, 0.2) is 24.3 Å². The number of hydrogen-bond donors (Lipinski definition) is 2. The van der Waals surface area contributed by atoms with E-state index in [0.717, 1.165) is 12.8 Å². The number of carbonyl (C=O) groups is 1. The highest BCUT2D eigenvalue weighted by atomic mass is 19.1. The van der Waals surface area contributed by atoms with Crippen LogP contribution in [0.1, 0.15) is 33.6 Å². The summed E-state index contributed by atoms with van der Waals surface area (Å²) in [7, 11) is 0. The quantitative estimate of drug-likeness (QED) is 0.841. The lowest BCUT2D eigenvalue weighted by molar-refractivity contribution is 0.135. The summed E-state index contributed by atoms with van der Waals surface area (Å²) in [6.07, 6.45) is 1.56. The van der Waals surface area contributed by atoms with Gasteiger partial charge in [-0.15, -0.1) is 0 Å². The molecular formula is C15H24FN3O. The number of carbonyl (C=O) groups excluding carboxylic acids is 1. The van der Waals surface area contributed by atoms with Crippen LogP contribution in [0.25, 0.3) is 0 Å². The minimum Gasteiger partial charge on any atom is -0.328 e. The van der Waals surface area contributed by atoms with E-state index < -0.39 is 11.4 Å². The maximum atomic E-state index is 13.6. The summed E-state index contributed by atoms with van der Waals surface area (Å²) in [4.78, 5) is 14.1. The Balaban J connectivity index is 2.93. The molecule has 2 amide bonds. The SMILES string of the molecule is CCCN(C(=O)Nc1ccccc1F)C(C)(CC)CN.